The topological polar surface area (TPSA) is 95.0 Å². The summed E-state index contributed by atoms with van der Waals surface area (Å²) in [5.41, 5.74) is 0. The number of hydrogen-bond donors (Lipinski definition) is 1. The van der Waals surface area contributed by atoms with Gasteiger partial charge in [0.05, 0.1) is 6.54 Å². The molecule has 4 rings (SSSR count). The summed E-state index contributed by atoms with van der Waals surface area (Å²) in [5.74, 6) is 3.68. The SMILES string of the molecule is Cc1nc(OCCNC(=O)C(C)Oc2ccc3c(c2)OCO3)cc(N2CCCC2)n1. The van der Waals surface area contributed by atoms with Crippen LogP contribution < -0.4 is 29.2 Å². The molecule has 30 heavy (non-hydrogen) atoms. The first-order valence-electron chi connectivity index (χ1n) is 10.2. The van der Waals surface area contributed by atoms with Gasteiger partial charge in [0.25, 0.3) is 5.91 Å². The highest BCUT2D eigenvalue weighted by Crippen LogP contribution is 2.35. The minimum Gasteiger partial charge on any atom is -0.481 e. The van der Waals surface area contributed by atoms with Gasteiger partial charge in [-0.2, -0.15) is 4.98 Å². The molecule has 3 heterocycles. The summed E-state index contributed by atoms with van der Waals surface area (Å²) < 4.78 is 22.0. The Hall–Kier alpha value is -3.23. The van der Waals surface area contributed by atoms with Crippen LogP contribution in [0, 0.1) is 6.92 Å². The summed E-state index contributed by atoms with van der Waals surface area (Å²) in [6.07, 6.45) is 1.70. The van der Waals surface area contributed by atoms with E-state index in [9.17, 15) is 4.79 Å². The molecule has 1 N–H and O–H groups in total. The Morgan fingerprint density at radius 2 is 2.00 bits per heavy atom. The predicted octanol–water partition coefficient (Wildman–Crippen LogP) is 2.08. The van der Waals surface area contributed by atoms with Crippen LogP contribution in [0.4, 0.5) is 5.82 Å². The van der Waals surface area contributed by atoms with E-state index in [2.05, 4.69) is 20.2 Å². The molecule has 160 valence electrons. The van der Waals surface area contributed by atoms with E-state index in [1.807, 2.05) is 13.0 Å². The van der Waals surface area contributed by atoms with Gasteiger partial charge in [0.15, 0.2) is 17.6 Å². The normalized spacial score (nSPS) is 15.7. The average molecular weight is 414 g/mol. The van der Waals surface area contributed by atoms with Crippen molar-refractivity contribution in [2.24, 2.45) is 0 Å². The standard InChI is InChI=1S/C21H26N4O5/c1-14(30-16-5-6-17-18(11-16)29-13-28-17)21(26)22-7-10-27-20-12-19(23-15(2)24-20)25-8-3-4-9-25/h5-6,11-12,14H,3-4,7-10,13H2,1-2H3,(H,22,26). The Labute approximate surface area is 175 Å². The summed E-state index contributed by atoms with van der Waals surface area (Å²) in [6.45, 7) is 6.40. The molecule has 1 saturated heterocycles. The van der Waals surface area contributed by atoms with Crippen molar-refractivity contribution >= 4 is 11.7 Å². The molecular weight excluding hydrogens is 388 g/mol. The molecule has 9 nitrogen and oxygen atoms in total. The molecule has 1 aromatic heterocycles. The van der Waals surface area contributed by atoms with Crippen molar-refractivity contribution in [1.29, 1.82) is 0 Å². The lowest BCUT2D eigenvalue weighted by atomic mass is 10.3. The van der Waals surface area contributed by atoms with E-state index >= 15 is 0 Å². The van der Waals surface area contributed by atoms with Crippen LogP contribution in [0.5, 0.6) is 23.1 Å². The number of anilines is 1. The van der Waals surface area contributed by atoms with Gasteiger partial charge in [0.2, 0.25) is 12.7 Å². The number of carbonyl (C=O) groups is 1. The Balaban J connectivity index is 1.23. The monoisotopic (exact) mass is 414 g/mol. The third kappa shape index (κ3) is 4.84. The number of hydrogen-bond acceptors (Lipinski definition) is 8. The minimum absolute atomic E-state index is 0.195. The predicted molar refractivity (Wildman–Crippen MR) is 109 cm³/mol. The molecule has 0 spiro atoms. The largest absolute Gasteiger partial charge is 0.481 e. The van der Waals surface area contributed by atoms with Gasteiger partial charge in [0, 0.05) is 25.2 Å². The van der Waals surface area contributed by atoms with Crippen LogP contribution in [0.2, 0.25) is 0 Å². The van der Waals surface area contributed by atoms with E-state index in [1.54, 1.807) is 25.1 Å². The van der Waals surface area contributed by atoms with Crippen LogP contribution in [0.25, 0.3) is 0 Å². The maximum atomic E-state index is 12.3. The smallest absolute Gasteiger partial charge is 0.260 e. The number of fused-ring (bicyclic) bond motifs is 1. The molecule has 1 amide bonds. The fourth-order valence-corrected chi connectivity index (χ4v) is 3.39. The number of carbonyl (C=O) groups excluding carboxylic acids is 1. The third-order valence-electron chi connectivity index (χ3n) is 4.91. The highest BCUT2D eigenvalue weighted by molar-refractivity contribution is 5.80. The van der Waals surface area contributed by atoms with Crippen molar-refractivity contribution in [1.82, 2.24) is 15.3 Å². The minimum atomic E-state index is -0.659. The highest BCUT2D eigenvalue weighted by atomic mass is 16.7. The van der Waals surface area contributed by atoms with Gasteiger partial charge in [0.1, 0.15) is 24.0 Å². The molecule has 1 unspecified atom stereocenters. The molecular formula is C21H26N4O5. The van der Waals surface area contributed by atoms with E-state index in [1.165, 1.54) is 12.8 Å². The van der Waals surface area contributed by atoms with Crippen molar-refractivity contribution in [3.05, 3.63) is 30.1 Å². The number of benzene rings is 1. The van der Waals surface area contributed by atoms with Crippen LogP contribution in [-0.2, 0) is 4.79 Å². The number of amides is 1. The van der Waals surface area contributed by atoms with Crippen molar-refractivity contribution in [3.63, 3.8) is 0 Å². The number of aryl methyl sites for hydroxylation is 1. The molecule has 0 radical (unpaired) electrons. The van der Waals surface area contributed by atoms with Crippen molar-refractivity contribution in [2.75, 3.05) is 37.9 Å². The molecule has 2 aliphatic rings. The molecule has 2 aromatic rings. The number of nitrogens with zero attached hydrogens (tertiary/aromatic N) is 3. The van der Waals surface area contributed by atoms with Gasteiger partial charge in [-0.3, -0.25) is 4.79 Å². The van der Waals surface area contributed by atoms with E-state index in [0.29, 0.717) is 42.1 Å². The van der Waals surface area contributed by atoms with Crippen LogP contribution in [0.3, 0.4) is 0 Å². The van der Waals surface area contributed by atoms with E-state index in [0.717, 1.165) is 18.9 Å². The Morgan fingerprint density at radius 3 is 2.83 bits per heavy atom. The second-order valence-corrected chi connectivity index (χ2v) is 7.22. The van der Waals surface area contributed by atoms with E-state index in [-0.39, 0.29) is 12.7 Å². The van der Waals surface area contributed by atoms with Gasteiger partial charge in [-0.1, -0.05) is 0 Å². The molecule has 1 fully saturated rings. The lowest BCUT2D eigenvalue weighted by Gasteiger charge is -2.18. The van der Waals surface area contributed by atoms with E-state index < -0.39 is 6.10 Å². The van der Waals surface area contributed by atoms with Crippen LogP contribution in [-0.4, -0.2) is 55.0 Å². The second-order valence-electron chi connectivity index (χ2n) is 7.22. The number of ether oxygens (including phenoxy) is 4. The highest BCUT2D eigenvalue weighted by Gasteiger charge is 2.18. The van der Waals surface area contributed by atoms with Gasteiger partial charge in [-0.15, -0.1) is 0 Å². The van der Waals surface area contributed by atoms with Gasteiger partial charge in [-0.25, -0.2) is 4.98 Å². The summed E-state index contributed by atoms with van der Waals surface area (Å²) >= 11 is 0. The lowest BCUT2D eigenvalue weighted by molar-refractivity contribution is -0.127. The molecule has 1 aromatic carbocycles. The quantitative estimate of drug-likeness (QED) is 0.656. The Bertz CT molecular complexity index is 901. The maximum Gasteiger partial charge on any atom is 0.260 e. The zero-order chi connectivity index (χ0) is 20.9. The van der Waals surface area contributed by atoms with Crippen molar-refractivity contribution < 1.29 is 23.7 Å². The summed E-state index contributed by atoms with van der Waals surface area (Å²) in [7, 11) is 0. The van der Waals surface area contributed by atoms with Gasteiger partial charge in [-0.05, 0) is 38.8 Å². The molecule has 2 aliphatic heterocycles. The fraction of sp³-hybridized carbons (Fsp3) is 0.476. The summed E-state index contributed by atoms with van der Waals surface area (Å²) in [6, 6.07) is 7.07. The second kappa shape index (κ2) is 9.06. The van der Waals surface area contributed by atoms with Gasteiger partial charge < -0.3 is 29.2 Å². The zero-order valence-electron chi connectivity index (χ0n) is 17.2. The number of rotatable bonds is 8. The molecule has 1 atom stereocenters. The average Bonchev–Trinajstić information content (AvgIpc) is 3.42. The summed E-state index contributed by atoms with van der Waals surface area (Å²) in [5, 5.41) is 2.81. The number of nitrogens with one attached hydrogen (secondary N) is 1. The van der Waals surface area contributed by atoms with Crippen LogP contribution in [0.1, 0.15) is 25.6 Å². The molecule has 9 heteroatoms. The van der Waals surface area contributed by atoms with Crippen LogP contribution in [0.15, 0.2) is 24.3 Å². The zero-order valence-corrected chi connectivity index (χ0v) is 17.2. The van der Waals surface area contributed by atoms with Gasteiger partial charge >= 0.3 is 0 Å². The third-order valence-corrected chi connectivity index (χ3v) is 4.91. The van der Waals surface area contributed by atoms with Crippen molar-refractivity contribution in [3.8, 4) is 23.1 Å². The summed E-state index contributed by atoms with van der Waals surface area (Å²) in [4.78, 5) is 23.3. The van der Waals surface area contributed by atoms with E-state index in [4.69, 9.17) is 18.9 Å². The number of aromatic nitrogens is 2. The first-order valence-corrected chi connectivity index (χ1v) is 10.2. The molecule has 0 saturated carbocycles. The lowest BCUT2D eigenvalue weighted by Crippen LogP contribution is -2.38. The van der Waals surface area contributed by atoms with Crippen LogP contribution >= 0.6 is 0 Å². The first kappa shape index (κ1) is 20.1. The molecule has 0 bridgehead atoms. The molecule has 0 aliphatic carbocycles. The fourth-order valence-electron chi connectivity index (χ4n) is 3.39. The van der Waals surface area contributed by atoms with Crippen molar-refractivity contribution in [2.45, 2.75) is 32.8 Å². The first-order chi connectivity index (χ1) is 14.6. The Morgan fingerprint density at radius 1 is 1.20 bits per heavy atom. The Kier molecular flexibility index (Phi) is 6.06. The maximum absolute atomic E-state index is 12.3.